The third-order valence-corrected chi connectivity index (χ3v) is 2.45. The number of nitrogens with two attached hydrogens (primary N) is 1. The summed E-state index contributed by atoms with van der Waals surface area (Å²) in [6, 6.07) is 1.39. The zero-order valence-electron chi connectivity index (χ0n) is 7.23. The molecule has 0 radical (unpaired) electrons. The molecular weight excluding hydrogens is 200 g/mol. The van der Waals surface area contributed by atoms with Crippen LogP contribution in [0.1, 0.15) is 5.69 Å². The zero-order chi connectivity index (χ0) is 9.97. The first-order valence-electron chi connectivity index (χ1n) is 3.99. The Morgan fingerprint density at radius 3 is 3.07 bits per heavy atom. The number of aromatic amines is 1. The van der Waals surface area contributed by atoms with E-state index in [1.807, 2.05) is 0 Å². The van der Waals surface area contributed by atoms with Crippen molar-refractivity contribution < 1.29 is 0 Å². The van der Waals surface area contributed by atoms with Crippen molar-refractivity contribution in [1.29, 1.82) is 0 Å². The molecule has 0 saturated heterocycles. The molecule has 2 rings (SSSR count). The number of thiazole rings is 1. The van der Waals surface area contributed by atoms with Gasteiger partial charge in [-0.1, -0.05) is 0 Å². The molecule has 0 aliphatic heterocycles. The second-order valence-corrected chi connectivity index (χ2v) is 3.54. The molecule has 72 valence electrons. The first-order chi connectivity index (χ1) is 6.79. The SMILES string of the molecule is NCc1cc(=O)[nH]c(-c2cncs2)n1. The average molecular weight is 208 g/mol. The molecule has 0 fully saturated rings. The molecule has 0 unspecified atom stereocenters. The van der Waals surface area contributed by atoms with Crippen molar-refractivity contribution >= 4 is 11.3 Å². The number of H-pyrrole nitrogens is 1. The van der Waals surface area contributed by atoms with Crippen molar-refractivity contribution in [2.24, 2.45) is 5.73 Å². The third-order valence-electron chi connectivity index (χ3n) is 1.67. The van der Waals surface area contributed by atoms with Crippen LogP contribution in [0.15, 0.2) is 22.6 Å². The van der Waals surface area contributed by atoms with Gasteiger partial charge in [0.15, 0.2) is 5.82 Å². The largest absolute Gasteiger partial charge is 0.325 e. The maximum absolute atomic E-state index is 11.2. The van der Waals surface area contributed by atoms with Gasteiger partial charge in [0.2, 0.25) is 0 Å². The lowest BCUT2D eigenvalue weighted by molar-refractivity contribution is 0.957. The number of hydrogen-bond acceptors (Lipinski definition) is 5. The summed E-state index contributed by atoms with van der Waals surface area (Å²) in [7, 11) is 0. The molecule has 2 aromatic rings. The lowest BCUT2D eigenvalue weighted by Gasteiger charge is -1.98. The van der Waals surface area contributed by atoms with Gasteiger partial charge in [0.1, 0.15) is 0 Å². The van der Waals surface area contributed by atoms with Gasteiger partial charge in [-0.15, -0.1) is 11.3 Å². The van der Waals surface area contributed by atoms with Crippen molar-refractivity contribution in [3.05, 3.63) is 33.8 Å². The monoisotopic (exact) mass is 208 g/mol. The predicted octanol–water partition coefficient (Wildman–Crippen LogP) is 0.352. The van der Waals surface area contributed by atoms with E-state index in [1.165, 1.54) is 17.4 Å². The normalized spacial score (nSPS) is 10.4. The van der Waals surface area contributed by atoms with Gasteiger partial charge < -0.3 is 10.7 Å². The fraction of sp³-hybridized carbons (Fsp3) is 0.125. The quantitative estimate of drug-likeness (QED) is 0.745. The van der Waals surface area contributed by atoms with Crippen molar-refractivity contribution in [2.75, 3.05) is 0 Å². The molecule has 5 nitrogen and oxygen atoms in total. The minimum Gasteiger partial charge on any atom is -0.325 e. The van der Waals surface area contributed by atoms with Crippen molar-refractivity contribution in [2.45, 2.75) is 6.54 Å². The van der Waals surface area contributed by atoms with Crippen molar-refractivity contribution in [3.63, 3.8) is 0 Å². The summed E-state index contributed by atoms with van der Waals surface area (Å²) in [5, 5.41) is 0. The highest BCUT2D eigenvalue weighted by atomic mass is 32.1. The fourth-order valence-corrected chi connectivity index (χ4v) is 1.63. The maximum atomic E-state index is 11.2. The summed E-state index contributed by atoms with van der Waals surface area (Å²) in [6.45, 7) is 0.260. The van der Waals surface area contributed by atoms with Crippen LogP contribution < -0.4 is 11.3 Å². The van der Waals surface area contributed by atoms with Gasteiger partial charge in [-0.05, 0) is 0 Å². The van der Waals surface area contributed by atoms with Crippen LogP contribution in [0.3, 0.4) is 0 Å². The standard InChI is InChI=1S/C8H8N4OS/c9-2-5-1-7(13)12-8(11-5)6-3-10-4-14-6/h1,3-4H,2,9H2,(H,11,12,13). The van der Waals surface area contributed by atoms with Crippen LogP contribution >= 0.6 is 11.3 Å². The molecule has 2 heterocycles. The van der Waals surface area contributed by atoms with E-state index >= 15 is 0 Å². The molecular formula is C8H8N4OS. The Bertz CT molecular complexity index is 476. The van der Waals surface area contributed by atoms with Gasteiger partial charge in [0.05, 0.1) is 16.1 Å². The smallest absolute Gasteiger partial charge is 0.251 e. The third kappa shape index (κ3) is 1.70. The topological polar surface area (TPSA) is 84.7 Å². The molecule has 2 aromatic heterocycles. The molecule has 6 heteroatoms. The maximum Gasteiger partial charge on any atom is 0.251 e. The van der Waals surface area contributed by atoms with E-state index in [1.54, 1.807) is 11.7 Å². The van der Waals surface area contributed by atoms with Crippen LogP contribution in [0.25, 0.3) is 10.7 Å². The molecule has 0 aliphatic carbocycles. The highest BCUT2D eigenvalue weighted by Crippen LogP contribution is 2.17. The number of aromatic nitrogens is 3. The van der Waals surface area contributed by atoms with E-state index in [0.29, 0.717) is 11.5 Å². The van der Waals surface area contributed by atoms with E-state index in [4.69, 9.17) is 5.73 Å². The number of rotatable bonds is 2. The number of nitrogens with zero attached hydrogens (tertiary/aromatic N) is 2. The lowest BCUT2D eigenvalue weighted by Crippen LogP contribution is -2.12. The van der Waals surface area contributed by atoms with Crippen LogP contribution in [-0.2, 0) is 6.54 Å². The molecule has 3 N–H and O–H groups in total. The van der Waals surface area contributed by atoms with Crippen LogP contribution in [0.4, 0.5) is 0 Å². The second-order valence-electron chi connectivity index (χ2n) is 2.66. The summed E-state index contributed by atoms with van der Waals surface area (Å²) in [6.07, 6.45) is 1.66. The molecule has 14 heavy (non-hydrogen) atoms. The molecule has 0 amide bonds. The number of hydrogen-bond donors (Lipinski definition) is 2. The minimum absolute atomic E-state index is 0.191. The van der Waals surface area contributed by atoms with Crippen LogP contribution in [-0.4, -0.2) is 15.0 Å². The number of nitrogens with one attached hydrogen (secondary N) is 1. The Labute approximate surface area is 83.7 Å². The molecule has 0 aromatic carbocycles. The van der Waals surface area contributed by atoms with E-state index in [2.05, 4.69) is 15.0 Å². The molecule has 0 bridgehead atoms. The summed E-state index contributed by atoms with van der Waals surface area (Å²) in [5.74, 6) is 0.528. The zero-order valence-corrected chi connectivity index (χ0v) is 8.04. The Kier molecular flexibility index (Phi) is 2.38. The summed E-state index contributed by atoms with van der Waals surface area (Å²) >= 11 is 1.42. The van der Waals surface area contributed by atoms with E-state index in [-0.39, 0.29) is 12.1 Å². The van der Waals surface area contributed by atoms with Gasteiger partial charge in [-0.3, -0.25) is 9.78 Å². The first kappa shape index (κ1) is 9.04. The van der Waals surface area contributed by atoms with Crippen LogP contribution in [0, 0.1) is 0 Å². The Balaban J connectivity index is 2.54. The van der Waals surface area contributed by atoms with Gasteiger partial charge >= 0.3 is 0 Å². The van der Waals surface area contributed by atoms with Gasteiger partial charge in [0, 0.05) is 18.8 Å². The predicted molar refractivity (Wildman–Crippen MR) is 53.9 cm³/mol. The molecule has 0 spiro atoms. The second kappa shape index (κ2) is 3.69. The lowest BCUT2D eigenvalue weighted by atomic mass is 10.4. The summed E-state index contributed by atoms with van der Waals surface area (Å²) < 4.78 is 0. The average Bonchev–Trinajstić information content (AvgIpc) is 2.69. The Morgan fingerprint density at radius 2 is 2.43 bits per heavy atom. The molecule has 0 atom stereocenters. The molecule has 0 aliphatic rings. The Hall–Kier alpha value is -1.53. The van der Waals surface area contributed by atoms with Crippen molar-refractivity contribution in [1.82, 2.24) is 15.0 Å². The van der Waals surface area contributed by atoms with Gasteiger partial charge in [0.25, 0.3) is 5.56 Å². The van der Waals surface area contributed by atoms with Gasteiger partial charge in [-0.25, -0.2) is 4.98 Å². The minimum atomic E-state index is -0.191. The van der Waals surface area contributed by atoms with Gasteiger partial charge in [-0.2, -0.15) is 0 Å². The fourth-order valence-electron chi connectivity index (χ4n) is 1.06. The van der Waals surface area contributed by atoms with Crippen molar-refractivity contribution in [3.8, 4) is 10.7 Å². The van der Waals surface area contributed by atoms with E-state index in [9.17, 15) is 4.79 Å². The summed E-state index contributed by atoms with van der Waals surface area (Å²) in [5.41, 5.74) is 7.49. The highest BCUT2D eigenvalue weighted by Gasteiger charge is 2.03. The van der Waals surface area contributed by atoms with E-state index < -0.39 is 0 Å². The Morgan fingerprint density at radius 1 is 1.57 bits per heavy atom. The highest BCUT2D eigenvalue weighted by molar-refractivity contribution is 7.13. The van der Waals surface area contributed by atoms with Crippen LogP contribution in [0.2, 0.25) is 0 Å². The summed E-state index contributed by atoms with van der Waals surface area (Å²) in [4.78, 5) is 22.8. The first-order valence-corrected chi connectivity index (χ1v) is 4.87. The molecule has 0 saturated carbocycles. The van der Waals surface area contributed by atoms with E-state index in [0.717, 1.165) is 4.88 Å². The van der Waals surface area contributed by atoms with Crippen LogP contribution in [0.5, 0.6) is 0 Å².